The summed E-state index contributed by atoms with van der Waals surface area (Å²) in [6, 6.07) is 4.29. The van der Waals surface area contributed by atoms with E-state index in [0.29, 0.717) is 5.69 Å². The first-order valence-corrected chi connectivity index (χ1v) is 7.67. The van der Waals surface area contributed by atoms with Crippen molar-refractivity contribution in [2.75, 3.05) is 16.0 Å². The molecule has 1 unspecified atom stereocenters. The summed E-state index contributed by atoms with van der Waals surface area (Å²) in [5, 5.41) is 4.19. The molecule has 1 aromatic rings. The average molecular weight is 305 g/mol. The van der Waals surface area contributed by atoms with Gasteiger partial charge in [0.1, 0.15) is 0 Å². The highest BCUT2D eigenvalue weighted by Gasteiger charge is 2.26. The molecule has 0 radical (unpaired) electrons. The number of hydrogen-bond acceptors (Lipinski definition) is 4. The van der Waals surface area contributed by atoms with Gasteiger partial charge >= 0.3 is 6.03 Å². The van der Waals surface area contributed by atoms with E-state index in [1.165, 1.54) is 17.1 Å². The molecule has 2 amide bonds. The number of halogens is 1. The van der Waals surface area contributed by atoms with E-state index in [-0.39, 0.29) is 22.9 Å². The first kappa shape index (κ1) is 13.9. The minimum Gasteiger partial charge on any atom is -0.320 e. The Hall–Kier alpha value is -1.51. The highest BCUT2D eigenvalue weighted by atomic mass is 35.5. The molecule has 1 aromatic carbocycles. The summed E-state index contributed by atoms with van der Waals surface area (Å²) in [5.41, 5.74) is 3.58. The SMILES string of the molecule is CC1NC(=O)N(c2ccc(Cl)c(NS(C)(=O)=O)c2)N1. The number of rotatable bonds is 3. The fourth-order valence-corrected chi connectivity index (χ4v) is 2.45. The Morgan fingerprint density at radius 1 is 1.42 bits per heavy atom. The number of nitrogens with one attached hydrogen (secondary N) is 3. The molecule has 1 saturated heterocycles. The molecule has 1 aliphatic rings. The number of hydrogen-bond donors (Lipinski definition) is 3. The quantitative estimate of drug-likeness (QED) is 0.780. The van der Waals surface area contributed by atoms with E-state index >= 15 is 0 Å². The van der Waals surface area contributed by atoms with Gasteiger partial charge in [0, 0.05) is 0 Å². The minimum absolute atomic E-state index is 0.200. The van der Waals surface area contributed by atoms with Crippen LogP contribution < -0.4 is 20.5 Å². The van der Waals surface area contributed by atoms with E-state index in [1.807, 2.05) is 0 Å². The number of urea groups is 1. The molecule has 104 valence electrons. The summed E-state index contributed by atoms with van der Waals surface area (Å²) in [6.45, 7) is 1.78. The largest absolute Gasteiger partial charge is 0.337 e. The highest BCUT2D eigenvalue weighted by Crippen LogP contribution is 2.28. The van der Waals surface area contributed by atoms with Gasteiger partial charge in [0.15, 0.2) is 0 Å². The molecule has 1 heterocycles. The standard InChI is InChI=1S/C10H13ClN4O3S/c1-6-12-10(16)15(13-6)7-3-4-8(11)9(5-7)14-19(2,17)18/h3-6,13-14H,1-2H3,(H,12,16). The van der Waals surface area contributed by atoms with E-state index in [9.17, 15) is 13.2 Å². The predicted octanol–water partition coefficient (Wildman–Crippen LogP) is 1.09. The van der Waals surface area contributed by atoms with Gasteiger partial charge in [0.25, 0.3) is 0 Å². The van der Waals surface area contributed by atoms with Gasteiger partial charge in [-0.15, -0.1) is 0 Å². The number of anilines is 2. The van der Waals surface area contributed by atoms with Crippen LogP contribution in [-0.4, -0.2) is 26.9 Å². The number of sulfonamides is 1. The summed E-state index contributed by atoms with van der Waals surface area (Å²) in [7, 11) is -3.44. The van der Waals surface area contributed by atoms with E-state index in [0.717, 1.165) is 6.26 Å². The molecule has 7 nitrogen and oxygen atoms in total. The Bertz CT molecular complexity index is 619. The molecule has 0 saturated carbocycles. The number of nitrogens with zero attached hydrogens (tertiary/aromatic N) is 1. The molecule has 19 heavy (non-hydrogen) atoms. The number of hydrazine groups is 1. The lowest BCUT2D eigenvalue weighted by atomic mass is 10.3. The summed E-state index contributed by atoms with van der Waals surface area (Å²) in [5.74, 6) is 0. The number of carbonyl (C=O) groups excluding carboxylic acids is 1. The van der Waals surface area contributed by atoms with Crippen molar-refractivity contribution in [2.45, 2.75) is 13.1 Å². The lowest BCUT2D eigenvalue weighted by molar-refractivity contribution is 0.251. The van der Waals surface area contributed by atoms with Gasteiger partial charge in [-0.1, -0.05) is 11.6 Å². The van der Waals surface area contributed by atoms with Crippen molar-refractivity contribution in [3.63, 3.8) is 0 Å². The molecule has 1 fully saturated rings. The summed E-state index contributed by atoms with van der Waals surface area (Å²) in [4.78, 5) is 11.6. The summed E-state index contributed by atoms with van der Waals surface area (Å²) >= 11 is 5.91. The Balaban J connectivity index is 2.33. The van der Waals surface area contributed by atoms with Gasteiger partial charge in [0.2, 0.25) is 10.0 Å². The molecule has 0 aromatic heterocycles. The fraction of sp³-hybridized carbons (Fsp3) is 0.300. The number of benzene rings is 1. The molecule has 3 N–H and O–H groups in total. The van der Waals surface area contributed by atoms with Gasteiger partial charge in [-0.25, -0.2) is 23.6 Å². The van der Waals surface area contributed by atoms with Crippen LogP contribution in [-0.2, 0) is 10.0 Å². The summed E-state index contributed by atoms with van der Waals surface area (Å²) in [6.07, 6.45) is 0.827. The molecule has 0 spiro atoms. The lowest BCUT2D eigenvalue weighted by Crippen LogP contribution is -2.36. The zero-order chi connectivity index (χ0) is 14.2. The first-order valence-electron chi connectivity index (χ1n) is 5.40. The molecular weight excluding hydrogens is 292 g/mol. The van der Waals surface area contributed by atoms with Crippen LogP contribution in [0.4, 0.5) is 16.2 Å². The molecule has 9 heteroatoms. The van der Waals surface area contributed by atoms with Crippen molar-refractivity contribution >= 4 is 39.0 Å². The monoisotopic (exact) mass is 304 g/mol. The second-order valence-corrected chi connectivity index (χ2v) is 6.33. The maximum absolute atomic E-state index is 11.6. The Kier molecular flexibility index (Phi) is 3.57. The van der Waals surface area contributed by atoms with Crippen LogP contribution >= 0.6 is 11.6 Å². The Labute approximate surface area is 115 Å². The second-order valence-electron chi connectivity index (χ2n) is 4.17. The molecule has 0 bridgehead atoms. The highest BCUT2D eigenvalue weighted by molar-refractivity contribution is 7.92. The van der Waals surface area contributed by atoms with Crippen molar-refractivity contribution in [2.24, 2.45) is 0 Å². The molecule has 2 rings (SSSR count). The Morgan fingerprint density at radius 3 is 2.63 bits per heavy atom. The van der Waals surface area contributed by atoms with Crippen LogP contribution in [0.15, 0.2) is 18.2 Å². The van der Waals surface area contributed by atoms with E-state index in [2.05, 4.69) is 15.5 Å². The van der Waals surface area contributed by atoms with Crippen molar-refractivity contribution < 1.29 is 13.2 Å². The topological polar surface area (TPSA) is 90.5 Å². The van der Waals surface area contributed by atoms with E-state index in [4.69, 9.17) is 11.6 Å². The van der Waals surface area contributed by atoms with Crippen LogP contribution in [0.5, 0.6) is 0 Å². The maximum Gasteiger partial charge on any atom is 0.337 e. The number of amides is 2. The van der Waals surface area contributed by atoms with Crippen LogP contribution in [0.3, 0.4) is 0 Å². The zero-order valence-electron chi connectivity index (χ0n) is 10.3. The molecule has 1 aliphatic heterocycles. The van der Waals surface area contributed by atoms with Crippen molar-refractivity contribution in [3.8, 4) is 0 Å². The zero-order valence-corrected chi connectivity index (χ0v) is 11.8. The van der Waals surface area contributed by atoms with Crippen LogP contribution in [0, 0.1) is 0 Å². The number of carbonyl (C=O) groups is 1. The Morgan fingerprint density at radius 2 is 2.11 bits per heavy atom. The normalized spacial score (nSPS) is 19.4. The first-order chi connectivity index (χ1) is 8.76. The predicted molar refractivity (Wildman–Crippen MR) is 73.5 cm³/mol. The van der Waals surface area contributed by atoms with Crippen LogP contribution in [0.25, 0.3) is 0 Å². The third-order valence-corrected chi connectivity index (χ3v) is 3.29. The van der Waals surface area contributed by atoms with Crippen molar-refractivity contribution in [1.82, 2.24) is 10.7 Å². The molecule has 1 atom stereocenters. The van der Waals surface area contributed by atoms with Gasteiger partial charge in [-0.05, 0) is 25.1 Å². The van der Waals surface area contributed by atoms with E-state index in [1.54, 1.807) is 13.0 Å². The van der Waals surface area contributed by atoms with Gasteiger partial charge in [0.05, 0.1) is 28.8 Å². The average Bonchev–Trinajstić information content (AvgIpc) is 2.59. The fourth-order valence-electron chi connectivity index (χ4n) is 1.66. The second kappa shape index (κ2) is 4.87. The van der Waals surface area contributed by atoms with Crippen LogP contribution in [0.1, 0.15) is 6.92 Å². The van der Waals surface area contributed by atoms with Gasteiger partial charge < -0.3 is 5.32 Å². The van der Waals surface area contributed by atoms with E-state index < -0.39 is 10.0 Å². The third kappa shape index (κ3) is 3.28. The third-order valence-electron chi connectivity index (χ3n) is 2.37. The lowest BCUT2D eigenvalue weighted by Gasteiger charge is -2.16. The van der Waals surface area contributed by atoms with Gasteiger partial charge in [-0.2, -0.15) is 0 Å². The molecule has 0 aliphatic carbocycles. The minimum atomic E-state index is -3.44. The van der Waals surface area contributed by atoms with Gasteiger partial charge in [-0.3, -0.25) is 4.72 Å². The van der Waals surface area contributed by atoms with Crippen molar-refractivity contribution in [3.05, 3.63) is 23.2 Å². The van der Waals surface area contributed by atoms with Crippen molar-refractivity contribution in [1.29, 1.82) is 0 Å². The smallest absolute Gasteiger partial charge is 0.320 e. The molecular formula is C10H13ClN4O3S. The van der Waals surface area contributed by atoms with Crippen LogP contribution in [0.2, 0.25) is 5.02 Å². The summed E-state index contributed by atoms with van der Waals surface area (Å²) < 4.78 is 24.7. The maximum atomic E-state index is 11.6.